The average molecular weight is 159 g/mol. The van der Waals surface area contributed by atoms with E-state index in [1.54, 1.807) is 0 Å². The Balaban J connectivity index is 2.45. The van der Waals surface area contributed by atoms with Crippen LogP contribution in [0.2, 0.25) is 0 Å². The monoisotopic (exact) mass is 159 g/mol. The molecule has 1 rings (SSSR count). The van der Waals surface area contributed by atoms with Crippen LogP contribution in [-0.2, 0) is 14.4 Å². The van der Waals surface area contributed by atoms with Crippen LogP contribution in [0.25, 0.3) is 0 Å². The second-order valence-electron chi connectivity index (χ2n) is 2.14. The summed E-state index contributed by atoms with van der Waals surface area (Å²) in [5, 5.41) is 12.0. The second kappa shape index (κ2) is 3.34. The molecule has 0 aromatic rings. The summed E-state index contributed by atoms with van der Waals surface area (Å²) in [5.41, 5.74) is 0.228. The van der Waals surface area contributed by atoms with Crippen LogP contribution in [0.1, 0.15) is 6.42 Å². The summed E-state index contributed by atoms with van der Waals surface area (Å²) in [6.07, 6.45) is -0.0625. The first kappa shape index (κ1) is 8.00. The summed E-state index contributed by atoms with van der Waals surface area (Å²) in [6, 6.07) is 0. The predicted octanol–water partition coefficient (Wildman–Crippen LogP) is -0.703. The SMILES string of the molecule is COC(=O)C1=NOC(CO)C1. The molecule has 1 atom stereocenters. The lowest BCUT2D eigenvalue weighted by atomic mass is 10.2. The van der Waals surface area contributed by atoms with Gasteiger partial charge in [0.05, 0.1) is 13.7 Å². The number of carbonyl (C=O) groups excluding carboxylic acids is 1. The molecule has 0 spiro atoms. The molecule has 0 saturated heterocycles. The standard InChI is InChI=1S/C6H9NO4/c1-10-6(9)5-2-4(3-8)11-7-5/h4,8H,2-3H2,1H3. The number of hydrogen-bond acceptors (Lipinski definition) is 5. The number of rotatable bonds is 2. The van der Waals surface area contributed by atoms with E-state index in [1.165, 1.54) is 7.11 Å². The van der Waals surface area contributed by atoms with Crippen molar-refractivity contribution in [3.63, 3.8) is 0 Å². The number of esters is 1. The highest BCUT2D eigenvalue weighted by molar-refractivity contribution is 6.36. The summed E-state index contributed by atoms with van der Waals surface area (Å²) in [4.78, 5) is 15.4. The minimum absolute atomic E-state index is 0.135. The Bertz CT molecular complexity index is 189. The van der Waals surface area contributed by atoms with Gasteiger partial charge in [0.1, 0.15) is 0 Å². The number of aliphatic hydroxyl groups excluding tert-OH is 1. The third kappa shape index (κ3) is 1.68. The van der Waals surface area contributed by atoms with E-state index in [2.05, 4.69) is 14.7 Å². The van der Waals surface area contributed by atoms with Gasteiger partial charge in [0, 0.05) is 6.42 Å². The summed E-state index contributed by atoms with van der Waals surface area (Å²) in [6.45, 7) is -0.135. The number of oxime groups is 1. The Kier molecular flexibility index (Phi) is 2.43. The van der Waals surface area contributed by atoms with Gasteiger partial charge >= 0.3 is 5.97 Å². The van der Waals surface area contributed by atoms with Crippen molar-refractivity contribution >= 4 is 11.7 Å². The molecule has 11 heavy (non-hydrogen) atoms. The minimum atomic E-state index is -0.499. The Morgan fingerprint density at radius 2 is 2.73 bits per heavy atom. The van der Waals surface area contributed by atoms with E-state index < -0.39 is 5.97 Å². The molecule has 0 saturated carbocycles. The van der Waals surface area contributed by atoms with E-state index in [9.17, 15) is 4.79 Å². The Morgan fingerprint density at radius 3 is 3.18 bits per heavy atom. The molecule has 0 amide bonds. The Hall–Kier alpha value is -1.10. The van der Waals surface area contributed by atoms with E-state index in [1.807, 2.05) is 0 Å². The zero-order chi connectivity index (χ0) is 8.27. The van der Waals surface area contributed by atoms with Crippen molar-refractivity contribution in [3.05, 3.63) is 0 Å². The summed E-state index contributed by atoms with van der Waals surface area (Å²) >= 11 is 0. The number of carbonyl (C=O) groups is 1. The fraction of sp³-hybridized carbons (Fsp3) is 0.667. The molecule has 1 aliphatic heterocycles. The fourth-order valence-electron chi connectivity index (χ4n) is 0.765. The quantitative estimate of drug-likeness (QED) is 0.541. The maximum atomic E-state index is 10.8. The normalized spacial score (nSPS) is 22.4. The molecule has 1 unspecified atom stereocenters. The van der Waals surface area contributed by atoms with Crippen LogP contribution in [0, 0.1) is 0 Å². The van der Waals surface area contributed by atoms with Crippen molar-refractivity contribution in [3.8, 4) is 0 Å². The Labute approximate surface area is 63.6 Å². The highest BCUT2D eigenvalue weighted by atomic mass is 16.7. The summed E-state index contributed by atoms with van der Waals surface area (Å²) in [7, 11) is 1.27. The number of hydrogen-bond donors (Lipinski definition) is 1. The van der Waals surface area contributed by atoms with Crippen LogP contribution >= 0.6 is 0 Å². The lowest BCUT2D eigenvalue weighted by Crippen LogP contribution is -2.18. The molecule has 0 aliphatic carbocycles. The zero-order valence-electron chi connectivity index (χ0n) is 6.11. The van der Waals surface area contributed by atoms with Gasteiger partial charge in [-0.05, 0) is 0 Å². The first-order valence-electron chi connectivity index (χ1n) is 3.19. The van der Waals surface area contributed by atoms with E-state index in [4.69, 9.17) is 5.11 Å². The van der Waals surface area contributed by atoms with Gasteiger partial charge in [-0.2, -0.15) is 0 Å². The fourth-order valence-corrected chi connectivity index (χ4v) is 0.765. The molecular weight excluding hydrogens is 150 g/mol. The number of nitrogens with zero attached hydrogens (tertiary/aromatic N) is 1. The highest BCUT2D eigenvalue weighted by Gasteiger charge is 2.25. The molecule has 5 nitrogen and oxygen atoms in total. The van der Waals surface area contributed by atoms with Gasteiger partial charge in [-0.25, -0.2) is 4.79 Å². The Morgan fingerprint density at radius 1 is 2.00 bits per heavy atom. The number of methoxy groups -OCH3 is 1. The summed E-state index contributed by atoms with van der Waals surface area (Å²) < 4.78 is 4.40. The van der Waals surface area contributed by atoms with E-state index >= 15 is 0 Å². The lowest BCUT2D eigenvalue weighted by molar-refractivity contribution is -0.132. The number of aliphatic hydroxyl groups is 1. The molecule has 1 heterocycles. The first-order chi connectivity index (χ1) is 5.27. The summed E-state index contributed by atoms with van der Waals surface area (Å²) in [5.74, 6) is -0.499. The van der Waals surface area contributed by atoms with Crippen LogP contribution in [0.4, 0.5) is 0 Å². The maximum absolute atomic E-state index is 10.8. The maximum Gasteiger partial charge on any atom is 0.355 e. The van der Waals surface area contributed by atoms with Crippen LogP contribution in [0.5, 0.6) is 0 Å². The third-order valence-corrected chi connectivity index (χ3v) is 1.36. The predicted molar refractivity (Wildman–Crippen MR) is 36.0 cm³/mol. The molecule has 5 heteroatoms. The lowest BCUT2D eigenvalue weighted by Gasteiger charge is -2.00. The van der Waals surface area contributed by atoms with Crippen molar-refractivity contribution in [1.82, 2.24) is 0 Å². The van der Waals surface area contributed by atoms with Crippen LogP contribution < -0.4 is 0 Å². The second-order valence-corrected chi connectivity index (χ2v) is 2.14. The van der Waals surface area contributed by atoms with Crippen LogP contribution in [-0.4, -0.2) is 36.6 Å². The molecule has 0 radical (unpaired) electrons. The van der Waals surface area contributed by atoms with Gasteiger partial charge in [-0.15, -0.1) is 0 Å². The van der Waals surface area contributed by atoms with Gasteiger partial charge in [-0.3, -0.25) is 0 Å². The molecule has 1 N–H and O–H groups in total. The molecule has 0 bridgehead atoms. The van der Waals surface area contributed by atoms with E-state index in [-0.39, 0.29) is 18.4 Å². The van der Waals surface area contributed by atoms with Gasteiger partial charge < -0.3 is 14.7 Å². The van der Waals surface area contributed by atoms with Gasteiger partial charge in [0.15, 0.2) is 11.8 Å². The van der Waals surface area contributed by atoms with Crippen molar-refractivity contribution in [2.45, 2.75) is 12.5 Å². The van der Waals surface area contributed by atoms with Gasteiger partial charge in [0.25, 0.3) is 0 Å². The molecule has 62 valence electrons. The largest absolute Gasteiger partial charge is 0.464 e. The molecule has 0 aromatic heterocycles. The van der Waals surface area contributed by atoms with Crippen molar-refractivity contribution in [1.29, 1.82) is 0 Å². The molecular formula is C6H9NO4. The van der Waals surface area contributed by atoms with E-state index in [0.717, 1.165) is 0 Å². The van der Waals surface area contributed by atoms with Gasteiger partial charge in [0.2, 0.25) is 0 Å². The topological polar surface area (TPSA) is 68.1 Å². The number of ether oxygens (including phenoxy) is 1. The van der Waals surface area contributed by atoms with Crippen molar-refractivity contribution < 1.29 is 19.5 Å². The van der Waals surface area contributed by atoms with Crippen molar-refractivity contribution in [2.75, 3.05) is 13.7 Å². The zero-order valence-corrected chi connectivity index (χ0v) is 6.11. The highest BCUT2D eigenvalue weighted by Crippen LogP contribution is 2.09. The molecule has 0 fully saturated rings. The van der Waals surface area contributed by atoms with Crippen LogP contribution in [0.3, 0.4) is 0 Å². The van der Waals surface area contributed by atoms with Gasteiger partial charge in [-0.1, -0.05) is 5.16 Å². The van der Waals surface area contributed by atoms with Crippen molar-refractivity contribution in [2.24, 2.45) is 5.16 Å². The molecule has 0 aromatic carbocycles. The smallest absolute Gasteiger partial charge is 0.355 e. The van der Waals surface area contributed by atoms with E-state index in [0.29, 0.717) is 6.42 Å². The van der Waals surface area contributed by atoms with Crippen LogP contribution in [0.15, 0.2) is 5.16 Å². The third-order valence-electron chi connectivity index (χ3n) is 1.36. The first-order valence-corrected chi connectivity index (χ1v) is 3.19. The average Bonchev–Trinajstić information content (AvgIpc) is 2.50. The minimum Gasteiger partial charge on any atom is -0.464 e. The molecule has 1 aliphatic rings.